The molecule has 1 aliphatic carbocycles. The quantitative estimate of drug-likeness (QED) is 0.721. The molecule has 2 bridgehead atoms. The number of imide groups is 1. The number of hydrogen-bond acceptors (Lipinski definition) is 2. The van der Waals surface area contributed by atoms with Crippen LogP contribution in [0.25, 0.3) is 0 Å². The van der Waals surface area contributed by atoms with E-state index in [0.29, 0.717) is 15.7 Å². The van der Waals surface area contributed by atoms with E-state index in [2.05, 4.69) is 0 Å². The van der Waals surface area contributed by atoms with Crippen molar-refractivity contribution in [1.82, 2.24) is 0 Å². The van der Waals surface area contributed by atoms with Crippen molar-refractivity contribution in [1.29, 1.82) is 0 Å². The highest BCUT2D eigenvalue weighted by atomic mass is 35.5. The Balaban J connectivity index is 2.11. The molecule has 3 rings (SSSR count). The SMILES string of the molecule is CC1(C)[C@@H]2CC[C@@]1(C)C(=O)N(c1ccc(Cl)c(Cl)c1)C2=O. The molecular weight excluding hydrogens is 309 g/mol. The third kappa shape index (κ3) is 1.80. The molecule has 0 aromatic heterocycles. The van der Waals surface area contributed by atoms with Crippen LogP contribution in [0.5, 0.6) is 0 Å². The summed E-state index contributed by atoms with van der Waals surface area (Å²) in [4.78, 5) is 27.0. The van der Waals surface area contributed by atoms with E-state index in [4.69, 9.17) is 23.2 Å². The van der Waals surface area contributed by atoms with Gasteiger partial charge in [-0.15, -0.1) is 0 Å². The van der Waals surface area contributed by atoms with Crippen molar-refractivity contribution >= 4 is 40.7 Å². The predicted molar refractivity (Wildman–Crippen MR) is 83.6 cm³/mol. The van der Waals surface area contributed by atoms with E-state index in [1.54, 1.807) is 18.2 Å². The van der Waals surface area contributed by atoms with Crippen molar-refractivity contribution in [2.24, 2.45) is 16.7 Å². The van der Waals surface area contributed by atoms with Gasteiger partial charge >= 0.3 is 0 Å². The van der Waals surface area contributed by atoms with Crippen molar-refractivity contribution in [2.45, 2.75) is 33.6 Å². The highest BCUT2D eigenvalue weighted by molar-refractivity contribution is 6.42. The molecular formula is C16H17Cl2NO2. The summed E-state index contributed by atoms with van der Waals surface area (Å²) in [5, 5.41) is 0.754. The second-order valence-electron chi connectivity index (χ2n) is 6.72. The molecule has 1 aromatic carbocycles. The molecule has 1 aliphatic heterocycles. The number of halogens is 2. The number of hydrogen-bond donors (Lipinski definition) is 0. The Morgan fingerprint density at radius 1 is 1.14 bits per heavy atom. The van der Waals surface area contributed by atoms with Crippen LogP contribution in [0, 0.1) is 16.7 Å². The van der Waals surface area contributed by atoms with Crippen LogP contribution in [0.4, 0.5) is 5.69 Å². The van der Waals surface area contributed by atoms with Gasteiger partial charge in [-0.2, -0.15) is 0 Å². The molecule has 2 aliphatic rings. The molecule has 1 saturated heterocycles. The lowest BCUT2D eigenvalue weighted by Crippen LogP contribution is -2.59. The predicted octanol–water partition coefficient (Wildman–Crippen LogP) is 4.31. The van der Waals surface area contributed by atoms with Gasteiger partial charge in [-0.05, 0) is 36.5 Å². The number of rotatable bonds is 1. The molecule has 1 saturated carbocycles. The third-order valence-corrected chi connectivity index (χ3v) is 6.32. The molecule has 2 fully saturated rings. The Bertz CT molecular complexity index is 656. The molecule has 2 amide bonds. The van der Waals surface area contributed by atoms with Crippen molar-refractivity contribution in [3.63, 3.8) is 0 Å². The summed E-state index contributed by atoms with van der Waals surface area (Å²) in [6.45, 7) is 6.01. The van der Waals surface area contributed by atoms with E-state index in [9.17, 15) is 9.59 Å². The first kappa shape index (κ1) is 14.9. The Morgan fingerprint density at radius 3 is 2.43 bits per heavy atom. The highest BCUT2D eigenvalue weighted by Crippen LogP contribution is 2.60. The minimum absolute atomic E-state index is 0.127. The van der Waals surface area contributed by atoms with Crippen LogP contribution < -0.4 is 4.90 Å². The van der Waals surface area contributed by atoms with Crippen LogP contribution in [0.3, 0.4) is 0 Å². The number of anilines is 1. The van der Waals surface area contributed by atoms with Gasteiger partial charge in [0.25, 0.3) is 0 Å². The van der Waals surface area contributed by atoms with Crippen LogP contribution >= 0.6 is 23.2 Å². The van der Waals surface area contributed by atoms with E-state index in [1.165, 1.54) is 4.90 Å². The van der Waals surface area contributed by atoms with Gasteiger partial charge in [-0.25, -0.2) is 4.90 Å². The average molecular weight is 326 g/mol. The molecule has 0 unspecified atom stereocenters. The largest absolute Gasteiger partial charge is 0.274 e. The monoisotopic (exact) mass is 325 g/mol. The lowest BCUT2D eigenvalue weighted by molar-refractivity contribution is -0.146. The zero-order valence-corrected chi connectivity index (χ0v) is 13.8. The molecule has 21 heavy (non-hydrogen) atoms. The second-order valence-corrected chi connectivity index (χ2v) is 7.54. The first-order valence-corrected chi connectivity index (χ1v) is 7.79. The summed E-state index contributed by atoms with van der Waals surface area (Å²) in [7, 11) is 0. The maximum absolute atomic E-state index is 13.0. The van der Waals surface area contributed by atoms with E-state index < -0.39 is 5.41 Å². The number of fused-ring (bicyclic) bond motifs is 2. The van der Waals surface area contributed by atoms with E-state index >= 15 is 0 Å². The zero-order valence-electron chi connectivity index (χ0n) is 12.2. The average Bonchev–Trinajstić information content (AvgIpc) is 2.59. The van der Waals surface area contributed by atoms with Crippen LogP contribution in [0.2, 0.25) is 10.0 Å². The number of carbonyl (C=O) groups excluding carboxylic acids is 2. The first-order chi connectivity index (χ1) is 9.70. The van der Waals surface area contributed by atoms with Gasteiger partial charge in [0, 0.05) is 5.92 Å². The second kappa shape index (κ2) is 4.47. The summed E-state index contributed by atoms with van der Waals surface area (Å²) in [5.41, 5.74) is -0.320. The normalized spacial score (nSPS) is 30.9. The standard InChI is InChI=1S/C16H17Cl2NO2/c1-15(2)10-6-7-16(15,3)14(21)19(13(10)20)9-4-5-11(17)12(18)8-9/h4-5,8,10H,6-7H2,1-3H3/t10-,16+/m1/s1. The van der Waals surface area contributed by atoms with Crippen molar-refractivity contribution < 1.29 is 9.59 Å². The fraction of sp³-hybridized carbons (Fsp3) is 0.500. The number of amides is 2. The topological polar surface area (TPSA) is 37.4 Å². The maximum atomic E-state index is 13.0. The summed E-state index contributed by atoms with van der Waals surface area (Å²) in [6, 6.07) is 4.87. The van der Waals surface area contributed by atoms with Gasteiger partial charge in [0.1, 0.15) is 0 Å². The smallest absolute Gasteiger partial charge is 0.240 e. The lowest BCUT2D eigenvalue weighted by Gasteiger charge is -2.47. The molecule has 2 atom stereocenters. The van der Waals surface area contributed by atoms with Gasteiger partial charge < -0.3 is 0 Å². The van der Waals surface area contributed by atoms with Crippen LogP contribution in [-0.2, 0) is 9.59 Å². The van der Waals surface area contributed by atoms with Gasteiger partial charge in [0.2, 0.25) is 11.8 Å². The minimum atomic E-state index is -0.516. The number of piperidine rings is 1. The Labute approximate surface area is 134 Å². The number of nitrogens with zero attached hydrogens (tertiary/aromatic N) is 1. The fourth-order valence-corrected chi connectivity index (χ4v) is 3.98. The van der Waals surface area contributed by atoms with Crippen molar-refractivity contribution in [3.8, 4) is 0 Å². The fourth-order valence-electron chi connectivity index (χ4n) is 3.69. The molecule has 0 N–H and O–H groups in total. The molecule has 0 radical (unpaired) electrons. The van der Waals surface area contributed by atoms with Crippen molar-refractivity contribution in [3.05, 3.63) is 28.2 Å². The molecule has 3 nitrogen and oxygen atoms in total. The Hall–Kier alpha value is -1.06. The lowest BCUT2D eigenvalue weighted by atomic mass is 9.62. The molecule has 1 aromatic rings. The summed E-state index contributed by atoms with van der Waals surface area (Å²) in [5.74, 6) is -0.391. The van der Waals surface area contributed by atoms with Crippen molar-refractivity contribution in [2.75, 3.05) is 4.90 Å². The summed E-state index contributed by atoms with van der Waals surface area (Å²) >= 11 is 11.9. The van der Waals surface area contributed by atoms with Gasteiger partial charge in [0.15, 0.2) is 0 Å². The molecule has 112 valence electrons. The maximum Gasteiger partial charge on any atom is 0.240 e. The van der Waals surface area contributed by atoms with Gasteiger partial charge in [-0.1, -0.05) is 44.0 Å². The summed E-state index contributed by atoms with van der Waals surface area (Å²) < 4.78 is 0. The Kier molecular flexibility index (Phi) is 3.16. The van der Waals surface area contributed by atoms with Crippen LogP contribution in [0.15, 0.2) is 18.2 Å². The molecule has 5 heteroatoms. The Morgan fingerprint density at radius 2 is 1.81 bits per heavy atom. The number of benzene rings is 1. The van der Waals surface area contributed by atoms with E-state index in [1.807, 2.05) is 20.8 Å². The van der Waals surface area contributed by atoms with Crippen LogP contribution in [0.1, 0.15) is 33.6 Å². The molecule has 0 spiro atoms. The van der Waals surface area contributed by atoms with E-state index in [0.717, 1.165) is 12.8 Å². The first-order valence-electron chi connectivity index (χ1n) is 7.03. The summed E-state index contributed by atoms with van der Waals surface area (Å²) in [6.07, 6.45) is 1.50. The van der Waals surface area contributed by atoms with Gasteiger partial charge in [-0.3, -0.25) is 9.59 Å². The van der Waals surface area contributed by atoms with E-state index in [-0.39, 0.29) is 23.1 Å². The minimum Gasteiger partial charge on any atom is -0.274 e. The highest BCUT2D eigenvalue weighted by Gasteiger charge is 2.64. The third-order valence-electron chi connectivity index (χ3n) is 5.58. The van der Waals surface area contributed by atoms with Crippen LogP contribution in [-0.4, -0.2) is 11.8 Å². The number of carbonyl (C=O) groups is 2. The molecule has 1 heterocycles. The zero-order chi connectivity index (χ0) is 15.6. The van der Waals surface area contributed by atoms with Gasteiger partial charge in [0.05, 0.1) is 21.1 Å².